The monoisotopic (exact) mass is 254 g/mol. The summed E-state index contributed by atoms with van der Waals surface area (Å²) in [6, 6.07) is 0.673. The summed E-state index contributed by atoms with van der Waals surface area (Å²) in [6.45, 7) is 7.62. The fraction of sp³-hybridized carbons (Fsp3) is 0.786. The van der Waals surface area contributed by atoms with Crippen molar-refractivity contribution in [1.82, 2.24) is 10.3 Å². The van der Waals surface area contributed by atoms with Crippen molar-refractivity contribution in [2.45, 2.75) is 71.9 Å². The average Bonchev–Trinajstić information content (AvgIpc) is 2.80. The van der Waals surface area contributed by atoms with Gasteiger partial charge >= 0.3 is 0 Å². The molecule has 1 aromatic rings. The van der Waals surface area contributed by atoms with Crippen LogP contribution in [0.4, 0.5) is 0 Å². The summed E-state index contributed by atoms with van der Waals surface area (Å²) in [4.78, 5) is 4.60. The second kappa shape index (κ2) is 8.65. The van der Waals surface area contributed by atoms with Crippen LogP contribution in [0, 0.1) is 0 Å². The SMILES string of the molecule is CCCCC(CCC)NCc1csc(CC)n1. The molecule has 0 bridgehead atoms. The van der Waals surface area contributed by atoms with Crippen LogP contribution in [0.25, 0.3) is 0 Å². The first kappa shape index (κ1) is 14.7. The largest absolute Gasteiger partial charge is 0.308 e. The lowest BCUT2D eigenvalue weighted by Crippen LogP contribution is -2.28. The van der Waals surface area contributed by atoms with Gasteiger partial charge in [-0.2, -0.15) is 0 Å². The highest BCUT2D eigenvalue weighted by Crippen LogP contribution is 2.12. The molecule has 0 aliphatic heterocycles. The van der Waals surface area contributed by atoms with Crippen molar-refractivity contribution < 1.29 is 0 Å². The quantitative estimate of drug-likeness (QED) is 0.716. The topological polar surface area (TPSA) is 24.9 Å². The fourth-order valence-corrected chi connectivity index (χ4v) is 2.73. The molecule has 0 fully saturated rings. The first-order valence-electron chi connectivity index (χ1n) is 6.96. The van der Waals surface area contributed by atoms with Gasteiger partial charge in [0.1, 0.15) is 0 Å². The lowest BCUT2D eigenvalue weighted by Gasteiger charge is -2.17. The molecule has 0 aliphatic rings. The van der Waals surface area contributed by atoms with Crippen LogP contribution >= 0.6 is 11.3 Å². The smallest absolute Gasteiger partial charge is 0.0926 e. The van der Waals surface area contributed by atoms with E-state index in [1.54, 1.807) is 11.3 Å². The number of thiazole rings is 1. The predicted molar refractivity (Wildman–Crippen MR) is 76.6 cm³/mol. The van der Waals surface area contributed by atoms with E-state index in [2.05, 4.69) is 36.5 Å². The van der Waals surface area contributed by atoms with Crippen molar-refractivity contribution in [2.75, 3.05) is 0 Å². The van der Waals surface area contributed by atoms with Gasteiger partial charge in [-0.25, -0.2) is 4.98 Å². The molecule has 3 heteroatoms. The Morgan fingerprint density at radius 3 is 2.65 bits per heavy atom. The maximum atomic E-state index is 4.60. The maximum absolute atomic E-state index is 4.60. The maximum Gasteiger partial charge on any atom is 0.0926 e. The minimum atomic E-state index is 0.673. The third-order valence-electron chi connectivity index (χ3n) is 3.02. The van der Waals surface area contributed by atoms with Crippen molar-refractivity contribution in [2.24, 2.45) is 0 Å². The molecule has 17 heavy (non-hydrogen) atoms. The van der Waals surface area contributed by atoms with Gasteiger partial charge in [-0.05, 0) is 19.3 Å². The molecule has 1 aromatic heterocycles. The van der Waals surface area contributed by atoms with Crippen LogP contribution in [0.3, 0.4) is 0 Å². The number of aromatic nitrogens is 1. The normalized spacial score (nSPS) is 12.9. The standard InChI is InChI=1S/C14H26N2S/c1-4-7-9-12(8-5-2)15-10-13-11-17-14(6-3)16-13/h11-12,15H,4-10H2,1-3H3. The van der Waals surface area contributed by atoms with Gasteiger partial charge in [0, 0.05) is 18.0 Å². The molecular weight excluding hydrogens is 228 g/mol. The lowest BCUT2D eigenvalue weighted by molar-refractivity contribution is 0.432. The highest BCUT2D eigenvalue weighted by molar-refractivity contribution is 7.09. The van der Waals surface area contributed by atoms with Crippen LogP contribution in [-0.2, 0) is 13.0 Å². The number of unbranched alkanes of at least 4 members (excludes halogenated alkanes) is 1. The van der Waals surface area contributed by atoms with E-state index in [9.17, 15) is 0 Å². The van der Waals surface area contributed by atoms with Crippen LogP contribution in [0.5, 0.6) is 0 Å². The summed E-state index contributed by atoms with van der Waals surface area (Å²) in [5, 5.41) is 7.09. The van der Waals surface area contributed by atoms with Crippen molar-refractivity contribution >= 4 is 11.3 Å². The zero-order chi connectivity index (χ0) is 12.5. The van der Waals surface area contributed by atoms with Crippen molar-refractivity contribution in [1.29, 1.82) is 0 Å². The number of nitrogens with zero attached hydrogens (tertiary/aromatic N) is 1. The van der Waals surface area contributed by atoms with E-state index in [1.165, 1.54) is 42.8 Å². The van der Waals surface area contributed by atoms with Gasteiger partial charge in [-0.1, -0.05) is 40.0 Å². The molecule has 1 rings (SSSR count). The molecule has 1 unspecified atom stereocenters. The summed E-state index contributed by atoms with van der Waals surface area (Å²) in [5.74, 6) is 0. The number of hydrogen-bond donors (Lipinski definition) is 1. The van der Waals surface area contributed by atoms with Crippen molar-refractivity contribution in [3.05, 3.63) is 16.1 Å². The van der Waals surface area contributed by atoms with Crippen LogP contribution in [0.15, 0.2) is 5.38 Å². The van der Waals surface area contributed by atoms with Crippen LogP contribution in [0.2, 0.25) is 0 Å². The molecule has 1 atom stereocenters. The van der Waals surface area contributed by atoms with Gasteiger partial charge in [-0.15, -0.1) is 11.3 Å². The summed E-state index contributed by atoms with van der Waals surface area (Å²) in [7, 11) is 0. The van der Waals surface area contributed by atoms with E-state index in [0.717, 1.165) is 13.0 Å². The second-order valence-corrected chi connectivity index (χ2v) is 5.54. The molecule has 0 radical (unpaired) electrons. The summed E-state index contributed by atoms with van der Waals surface area (Å²) < 4.78 is 0. The van der Waals surface area contributed by atoms with Crippen LogP contribution in [-0.4, -0.2) is 11.0 Å². The molecule has 0 amide bonds. The average molecular weight is 254 g/mol. The third-order valence-corrected chi connectivity index (χ3v) is 4.06. The zero-order valence-corrected chi connectivity index (χ0v) is 12.3. The first-order valence-corrected chi connectivity index (χ1v) is 7.84. The molecule has 0 aromatic carbocycles. The van der Waals surface area contributed by atoms with Crippen LogP contribution < -0.4 is 5.32 Å². The van der Waals surface area contributed by atoms with Crippen molar-refractivity contribution in [3.8, 4) is 0 Å². The van der Waals surface area contributed by atoms with Crippen LogP contribution in [0.1, 0.15) is 63.6 Å². The number of nitrogens with one attached hydrogen (secondary N) is 1. The summed E-state index contributed by atoms with van der Waals surface area (Å²) in [6.07, 6.45) is 7.52. The van der Waals surface area contributed by atoms with Gasteiger partial charge in [-0.3, -0.25) is 0 Å². The number of rotatable bonds is 9. The Balaban J connectivity index is 2.34. The Hall–Kier alpha value is -0.410. The third kappa shape index (κ3) is 5.64. The Kier molecular flexibility index (Phi) is 7.45. The highest BCUT2D eigenvalue weighted by atomic mass is 32.1. The predicted octanol–water partition coefficient (Wildman–Crippen LogP) is 4.15. The van der Waals surface area contributed by atoms with Gasteiger partial charge < -0.3 is 5.32 Å². The van der Waals surface area contributed by atoms with E-state index in [1.807, 2.05) is 0 Å². The minimum Gasteiger partial charge on any atom is -0.308 e. The fourth-order valence-electron chi connectivity index (χ4n) is 1.99. The molecule has 2 nitrogen and oxygen atoms in total. The highest BCUT2D eigenvalue weighted by Gasteiger charge is 2.07. The zero-order valence-electron chi connectivity index (χ0n) is 11.5. The minimum absolute atomic E-state index is 0.673. The molecule has 0 saturated carbocycles. The van der Waals surface area contributed by atoms with Gasteiger partial charge in [0.2, 0.25) is 0 Å². The Morgan fingerprint density at radius 1 is 1.24 bits per heavy atom. The lowest BCUT2D eigenvalue weighted by atomic mass is 10.1. The number of hydrogen-bond acceptors (Lipinski definition) is 3. The summed E-state index contributed by atoms with van der Waals surface area (Å²) >= 11 is 1.78. The van der Waals surface area contributed by atoms with E-state index < -0.39 is 0 Å². The van der Waals surface area contributed by atoms with E-state index in [4.69, 9.17) is 0 Å². The second-order valence-electron chi connectivity index (χ2n) is 4.59. The Bertz CT molecular complexity index is 296. The Labute approximate surface area is 110 Å². The van der Waals surface area contributed by atoms with Gasteiger partial charge in [0.15, 0.2) is 0 Å². The molecule has 1 heterocycles. The number of aryl methyl sites for hydroxylation is 1. The Morgan fingerprint density at radius 2 is 2.06 bits per heavy atom. The molecule has 1 N–H and O–H groups in total. The van der Waals surface area contributed by atoms with Gasteiger partial charge in [0.25, 0.3) is 0 Å². The van der Waals surface area contributed by atoms with Gasteiger partial charge in [0.05, 0.1) is 10.7 Å². The van der Waals surface area contributed by atoms with E-state index in [-0.39, 0.29) is 0 Å². The molecule has 98 valence electrons. The van der Waals surface area contributed by atoms with E-state index in [0.29, 0.717) is 6.04 Å². The molecule has 0 aliphatic carbocycles. The molecule has 0 saturated heterocycles. The van der Waals surface area contributed by atoms with Crippen molar-refractivity contribution in [3.63, 3.8) is 0 Å². The summed E-state index contributed by atoms with van der Waals surface area (Å²) in [5.41, 5.74) is 1.21. The van der Waals surface area contributed by atoms with E-state index >= 15 is 0 Å². The molecule has 0 spiro atoms. The first-order chi connectivity index (χ1) is 8.30. The molecular formula is C14H26N2S.